The number of ether oxygens (including phenoxy) is 1. The van der Waals surface area contributed by atoms with Gasteiger partial charge in [0, 0.05) is 25.4 Å². The molecule has 120 valence electrons. The molecule has 1 aromatic rings. The number of benzene rings is 1. The Labute approximate surface area is 128 Å². The van der Waals surface area contributed by atoms with Crippen molar-refractivity contribution in [1.29, 1.82) is 5.26 Å². The summed E-state index contributed by atoms with van der Waals surface area (Å²) in [6.07, 6.45) is -2.56. The van der Waals surface area contributed by atoms with Gasteiger partial charge in [-0.1, -0.05) is 0 Å². The first-order chi connectivity index (χ1) is 10.5. The largest absolute Gasteiger partial charge is 0.417 e. The van der Waals surface area contributed by atoms with Crippen LogP contribution in [0.2, 0.25) is 0 Å². The van der Waals surface area contributed by atoms with Crippen LogP contribution < -0.4 is 4.90 Å². The molecule has 1 aliphatic rings. The molecule has 0 spiro atoms. The Bertz CT molecular complexity index is 551. The molecule has 6 heteroatoms. The van der Waals surface area contributed by atoms with Crippen LogP contribution in [0.25, 0.3) is 0 Å². The summed E-state index contributed by atoms with van der Waals surface area (Å²) in [4.78, 5) is 1.95. The van der Waals surface area contributed by atoms with E-state index in [1.807, 2.05) is 11.8 Å². The molecule has 1 atom stereocenters. The Morgan fingerprint density at radius 2 is 2.18 bits per heavy atom. The van der Waals surface area contributed by atoms with Crippen LogP contribution in [-0.2, 0) is 10.9 Å². The number of rotatable bonds is 4. The van der Waals surface area contributed by atoms with E-state index < -0.39 is 11.7 Å². The predicted octanol–water partition coefficient (Wildman–Crippen LogP) is 3.83. The number of alkyl halides is 3. The average Bonchev–Trinajstić information content (AvgIpc) is 2.51. The molecule has 1 saturated heterocycles. The number of anilines is 1. The van der Waals surface area contributed by atoms with Crippen LogP contribution in [0.4, 0.5) is 18.9 Å². The third kappa shape index (κ3) is 3.92. The van der Waals surface area contributed by atoms with E-state index in [-0.39, 0.29) is 5.56 Å². The van der Waals surface area contributed by atoms with Crippen molar-refractivity contribution < 1.29 is 17.9 Å². The molecule has 0 bridgehead atoms. The summed E-state index contributed by atoms with van der Waals surface area (Å²) in [6.45, 7) is 4.62. The number of hydrogen-bond acceptors (Lipinski definition) is 3. The summed E-state index contributed by atoms with van der Waals surface area (Å²) in [5.74, 6) is 0.332. The lowest BCUT2D eigenvalue weighted by Gasteiger charge is -2.34. The van der Waals surface area contributed by atoms with Gasteiger partial charge >= 0.3 is 6.18 Å². The summed E-state index contributed by atoms with van der Waals surface area (Å²) in [7, 11) is 0. The van der Waals surface area contributed by atoms with Gasteiger partial charge in [0.1, 0.15) is 0 Å². The van der Waals surface area contributed by atoms with Crippen molar-refractivity contribution in [2.45, 2.75) is 25.9 Å². The molecule has 0 amide bonds. The molecule has 3 nitrogen and oxygen atoms in total. The highest BCUT2D eigenvalue weighted by molar-refractivity contribution is 5.55. The van der Waals surface area contributed by atoms with E-state index in [0.29, 0.717) is 31.4 Å². The van der Waals surface area contributed by atoms with E-state index in [1.165, 1.54) is 6.07 Å². The van der Waals surface area contributed by atoms with Gasteiger partial charge < -0.3 is 9.64 Å². The van der Waals surface area contributed by atoms with Crippen molar-refractivity contribution in [3.05, 3.63) is 29.3 Å². The molecular formula is C16H19F3N2O. The maximum absolute atomic E-state index is 13.0. The van der Waals surface area contributed by atoms with E-state index in [9.17, 15) is 13.2 Å². The van der Waals surface area contributed by atoms with Crippen molar-refractivity contribution in [2.75, 3.05) is 31.2 Å². The number of hydrogen-bond donors (Lipinski definition) is 0. The van der Waals surface area contributed by atoms with Gasteiger partial charge in [-0.2, -0.15) is 18.4 Å². The second kappa shape index (κ2) is 7.01. The fourth-order valence-electron chi connectivity index (χ4n) is 2.78. The molecule has 1 unspecified atom stereocenters. The van der Waals surface area contributed by atoms with Crippen molar-refractivity contribution in [3.63, 3.8) is 0 Å². The lowest BCUT2D eigenvalue weighted by Crippen LogP contribution is -2.37. The lowest BCUT2D eigenvalue weighted by atomic mass is 9.97. The molecule has 0 N–H and O–H groups in total. The molecule has 0 saturated carbocycles. The third-order valence-electron chi connectivity index (χ3n) is 3.87. The summed E-state index contributed by atoms with van der Waals surface area (Å²) < 4.78 is 44.5. The third-order valence-corrected chi connectivity index (χ3v) is 3.87. The molecule has 0 aliphatic carbocycles. The standard InChI is InChI=1S/C16H19F3N2O/c1-2-22-11-12-4-3-7-21(10-12)14-6-5-13(9-20)15(8-14)16(17,18)19/h5-6,8,12H,2-4,7,10-11H2,1H3. The molecule has 2 rings (SSSR count). The van der Waals surface area contributed by atoms with Crippen LogP contribution in [0.5, 0.6) is 0 Å². The summed E-state index contributed by atoms with van der Waals surface area (Å²) in [5, 5.41) is 8.84. The van der Waals surface area contributed by atoms with Crippen LogP contribution >= 0.6 is 0 Å². The molecule has 0 aromatic heterocycles. The molecule has 1 heterocycles. The van der Waals surface area contributed by atoms with E-state index in [2.05, 4.69) is 0 Å². The fraction of sp³-hybridized carbons (Fsp3) is 0.562. The van der Waals surface area contributed by atoms with E-state index in [1.54, 1.807) is 12.1 Å². The Hall–Kier alpha value is -1.74. The van der Waals surface area contributed by atoms with Gasteiger partial charge in [0.25, 0.3) is 0 Å². The topological polar surface area (TPSA) is 36.3 Å². The SMILES string of the molecule is CCOCC1CCCN(c2ccc(C#N)c(C(F)(F)F)c2)C1. The van der Waals surface area contributed by atoms with Gasteiger partial charge in [0.2, 0.25) is 0 Å². The summed E-state index contributed by atoms with van der Waals surface area (Å²) in [6, 6.07) is 5.54. The molecule has 1 aromatic carbocycles. The number of halogens is 3. The van der Waals surface area contributed by atoms with Gasteiger partial charge in [0.15, 0.2) is 0 Å². The van der Waals surface area contributed by atoms with Gasteiger partial charge in [-0.25, -0.2) is 0 Å². The Morgan fingerprint density at radius 1 is 1.41 bits per heavy atom. The zero-order valence-corrected chi connectivity index (χ0v) is 12.5. The number of nitrogens with zero attached hydrogens (tertiary/aromatic N) is 2. The maximum atomic E-state index is 13.0. The second-order valence-electron chi connectivity index (χ2n) is 5.45. The minimum absolute atomic E-state index is 0.332. The highest BCUT2D eigenvalue weighted by Crippen LogP contribution is 2.35. The van der Waals surface area contributed by atoms with Crippen molar-refractivity contribution in [3.8, 4) is 6.07 Å². The first-order valence-corrected chi connectivity index (χ1v) is 7.39. The minimum atomic E-state index is -4.51. The maximum Gasteiger partial charge on any atom is 0.417 e. The molecular weight excluding hydrogens is 293 g/mol. The molecule has 0 radical (unpaired) electrons. The van der Waals surface area contributed by atoms with E-state index >= 15 is 0 Å². The Kier molecular flexibility index (Phi) is 5.30. The first-order valence-electron chi connectivity index (χ1n) is 7.39. The monoisotopic (exact) mass is 312 g/mol. The smallest absolute Gasteiger partial charge is 0.381 e. The van der Waals surface area contributed by atoms with Crippen molar-refractivity contribution >= 4 is 5.69 Å². The molecule has 1 aliphatic heterocycles. The summed E-state index contributed by atoms with van der Waals surface area (Å²) in [5.41, 5.74) is -0.675. The van der Waals surface area contributed by atoms with E-state index in [0.717, 1.165) is 25.5 Å². The van der Waals surface area contributed by atoms with Gasteiger partial charge in [-0.15, -0.1) is 0 Å². The minimum Gasteiger partial charge on any atom is -0.381 e. The second-order valence-corrected chi connectivity index (χ2v) is 5.45. The fourth-order valence-corrected chi connectivity index (χ4v) is 2.78. The normalized spacial score (nSPS) is 19.0. The van der Waals surface area contributed by atoms with Gasteiger partial charge in [0.05, 0.1) is 23.8 Å². The van der Waals surface area contributed by atoms with Gasteiger partial charge in [-0.3, -0.25) is 0 Å². The number of piperidine rings is 1. The zero-order valence-electron chi connectivity index (χ0n) is 12.5. The Morgan fingerprint density at radius 3 is 2.82 bits per heavy atom. The average molecular weight is 312 g/mol. The zero-order chi connectivity index (χ0) is 16.2. The van der Waals surface area contributed by atoms with Crippen LogP contribution in [0.3, 0.4) is 0 Å². The lowest BCUT2D eigenvalue weighted by molar-refractivity contribution is -0.137. The van der Waals surface area contributed by atoms with E-state index in [4.69, 9.17) is 10.00 Å². The summed E-state index contributed by atoms with van der Waals surface area (Å²) >= 11 is 0. The van der Waals surface area contributed by atoms with Crippen LogP contribution in [0, 0.1) is 17.2 Å². The van der Waals surface area contributed by atoms with Gasteiger partial charge in [-0.05, 0) is 43.9 Å². The van der Waals surface area contributed by atoms with Crippen LogP contribution in [0.15, 0.2) is 18.2 Å². The molecule has 22 heavy (non-hydrogen) atoms. The Balaban J connectivity index is 2.20. The van der Waals surface area contributed by atoms with Crippen LogP contribution in [0.1, 0.15) is 30.9 Å². The first kappa shape index (κ1) is 16.6. The predicted molar refractivity (Wildman–Crippen MR) is 77.6 cm³/mol. The van der Waals surface area contributed by atoms with Crippen molar-refractivity contribution in [1.82, 2.24) is 0 Å². The highest BCUT2D eigenvalue weighted by Gasteiger charge is 2.34. The van der Waals surface area contributed by atoms with Crippen LogP contribution in [-0.4, -0.2) is 26.3 Å². The highest BCUT2D eigenvalue weighted by atomic mass is 19.4. The number of nitriles is 1. The van der Waals surface area contributed by atoms with Crippen molar-refractivity contribution in [2.24, 2.45) is 5.92 Å². The molecule has 1 fully saturated rings. The quantitative estimate of drug-likeness (QED) is 0.848.